The highest BCUT2D eigenvalue weighted by Crippen LogP contribution is 2.13. The number of rotatable bonds is 0. The van der Waals surface area contributed by atoms with Crippen LogP contribution in [0.25, 0.3) is 11.1 Å². The van der Waals surface area contributed by atoms with Gasteiger partial charge in [0.2, 0.25) is 0 Å². The van der Waals surface area contributed by atoms with Gasteiger partial charge in [0.1, 0.15) is 5.52 Å². The topological polar surface area (TPSA) is 38.9 Å². The van der Waals surface area contributed by atoms with Gasteiger partial charge in [0.25, 0.3) is 5.89 Å². The van der Waals surface area contributed by atoms with E-state index in [9.17, 15) is 0 Å². The SMILES string of the molecule is C(#Cc1nccs1)c1nc2ccccc2o1. The van der Waals surface area contributed by atoms with Crippen molar-refractivity contribution < 1.29 is 4.42 Å². The van der Waals surface area contributed by atoms with Crippen molar-refractivity contribution in [3.63, 3.8) is 0 Å². The molecule has 2 aromatic heterocycles. The Labute approximate surface area is 95.8 Å². The summed E-state index contributed by atoms with van der Waals surface area (Å²) >= 11 is 1.49. The first-order valence-electron chi connectivity index (χ1n) is 4.69. The van der Waals surface area contributed by atoms with Gasteiger partial charge >= 0.3 is 0 Å². The van der Waals surface area contributed by atoms with E-state index in [1.54, 1.807) is 6.20 Å². The minimum absolute atomic E-state index is 0.427. The van der Waals surface area contributed by atoms with E-state index in [0.717, 1.165) is 16.1 Å². The third-order valence-corrected chi connectivity index (χ3v) is 2.69. The van der Waals surface area contributed by atoms with Crippen LogP contribution in [0.2, 0.25) is 0 Å². The first kappa shape index (κ1) is 9.13. The predicted octanol–water partition coefficient (Wildman–Crippen LogP) is 2.68. The lowest BCUT2D eigenvalue weighted by molar-refractivity contribution is 0.586. The van der Waals surface area contributed by atoms with Gasteiger partial charge in [0.05, 0.1) is 0 Å². The number of hydrogen-bond donors (Lipinski definition) is 0. The number of para-hydroxylation sites is 2. The van der Waals surface area contributed by atoms with Gasteiger partial charge in [-0.05, 0) is 18.1 Å². The molecule has 16 heavy (non-hydrogen) atoms. The molecule has 0 aliphatic heterocycles. The standard InChI is InChI=1S/C12H6N2OS/c1-2-4-10-9(3-1)14-11(15-10)5-6-12-13-7-8-16-12/h1-4,7-8H. The van der Waals surface area contributed by atoms with Crippen LogP contribution in [0.4, 0.5) is 0 Å². The zero-order chi connectivity index (χ0) is 10.8. The molecule has 0 atom stereocenters. The number of thiazole rings is 1. The maximum absolute atomic E-state index is 5.46. The van der Waals surface area contributed by atoms with E-state index in [1.807, 2.05) is 29.6 Å². The quantitative estimate of drug-likeness (QED) is 0.553. The van der Waals surface area contributed by atoms with Gasteiger partial charge in [0.15, 0.2) is 10.6 Å². The maximum atomic E-state index is 5.46. The summed E-state index contributed by atoms with van der Waals surface area (Å²) in [6, 6.07) is 7.60. The van der Waals surface area contributed by atoms with Gasteiger partial charge in [-0.2, -0.15) is 0 Å². The Morgan fingerprint density at radius 3 is 2.94 bits per heavy atom. The molecule has 3 rings (SSSR count). The summed E-state index contributed by atoms with van der Waals surface area (Å²) in [6.45, 7) is 0. The van der Waals surface area contributed by atoms with Crippen LogP contribution in [0, 0.1) is 11.8 Å². The van der Waals surface area contributed by atoms with Gasteiger partial charge < -0.3 is 4.42 Å². The third-order valence-electron chi connectivity index (χ3n) is 2.00. The smallest absolute Gasteiger partial charge is 0.274 e. The van der Waals surface area contributed by atoms with Crippen molar-refractivity contribution >= 4 is 22.4 Å². The van der Waals surface area contributed by atoms with Crippen molar-refractivity contribution in [1.82, 2.24) is 9.97 Å². The van der Waals surface area contributed by atoms with Crippen LogP contribution in [0.5, 0.6) is 0 Å². The van der Waals surface area contributed by atoms with Crippen molar-refractivity contribution in [2.24, 2.45) is 0 Å². The maximum Gasteiger partial charge on any atom is 0.274 e. The van der Waals surface area contributed by atoms with Crippen LogP contribution in [0.15, 0.2) is 40.3 Å². The number of aromatic nitrogens is 2. The fraction of sp³-hybridized carbons (Fsp3) is 0. The molecule has 4 heteroatoms. The second kappa shape index (κ2) is 3.80. The van der Waals surface area contributed by atoms with E-state index in [0.29, 0.717) is 5.89 Å². The average Bonchev–Trinajstić information content (AvgIpc) is 2.95. The van der Waals surface area contributed by atoms with Crippen LogP contribution < -0.4 is 0 Å². The van der Waals surface area contributed by atoms with E-state index < -0.39 is 0 Å². The van der Waals surface area contributed by atoms with Gasteiger partial charge in [-0.1, -0.05) is 12.1 Å². The summed E-state index contributed by atoms with van der Waals surface area (Å²) in [5.41, 5.74) is 1.58. The molecule has 0 spiro atoms. The molecule has 2 heterocycles. The Balaban J connectivity index is 2.01. The van der Waals surface area contributed by atoms with Crippen molar-refractivity contribution in [3.05, 3.63) is 46.7 Å². The Morgan fingerprint density at radius 1 is 1.19 bits per heavy atom. The van der Waals surface area contributed by atoms with Crippen molar-refractivity contribution in [1.29, 1.82) is 0 Å². The first-order valence-corrected chi connectivity index (χ1v) is 5.57. The molecule has 0 fully saturated rings. The molecule has 0 bridgehead atoms. The Kier molecular flexibility index (Phi) is 2.17. The van der Waals surface area contributed by atoms with Gasteiger partial charge in [0, 0.05) is 17.5 Å². The third kappa shape index (κ3) is 1.69. The van der Waals surface area contributed by atoms with Crippen LogP contribution in [-0.4, -0.2) is 9.97 Å². The van der Waals surface area contributed by atoms with E-state index >= 15 is 0 Å². The lowest BCUT2D eigenvalue weighted by Crippen LogP contribution is -1.72. The Hall–Kier alpha value is -2.12. The van der Waals surface area contributed by atoms with E-state index in [1.165, 1.54) is 11.3 Å². The molecule has 0 aliphatic carbocycles. The zero-order valence-electron chi connectivity index (χ0n) is 8.18. The largest absolute Gasteiger partial charge is 0.430 e. The highest BCUT2D eigenvalue weighted by Gasteiger charge is 2.00. The van der Waals surface area contributed by atoms with Crippen molar-refractivity contribution in [3.8, 4) is 11.8 Å². The van der Waals surface area contributed by atoms with Crippen LogP contribution in [0.3, 0.4) is 0 Å². The summed E-state index contributed by atoms with van der Waals surface area (Å²) in [5.74, 6) is 6.19. The monoisotopic (exact) mass is 226 g/mol. The highest BCUT2D eigenvalue weighted by atomic mass is 32.1. The zero-order valence-corrected chi connectivity index (χ0v) is 8.99. The van der Waals surface area contributed by atoms with E-state index in [-0.39, 0.29) is 0 Å². The van der Waals surface area contributed by atoms with Crippen molar-refractivity contribution in [2.45, 2.75) is 0 Å². The summed E-state index contributed by atoms with van der Waals surface area (Å²) in [5, 5.41) is 2.65. The second-order valence-corrected chi connectivity index (χ2v) is 3.97. The van der Waals surface area contributed by atoms with Crippen molar-refractivity contribution in [2.75, 3.05) is 0 Å². The number of benzene rings is 1. The van der Waals surface area contributed by atoms with Crippen LogP contribution in [-0.2, 0) is 0 Å². The average molecular weight is 226 g/mol. The second-order valence-electron chi connectivity index (χ2n) is 3.07. The molecule has 0 aliphatic rings. The van der Waals surface area contributed by atoms with Crippen LogP contribution >= 0.6 is 11.3 Å². The number of oxazole rings is 1. The first-order chi connectivity index (χ1) is 7.92. The highest BCUT2D eigenvalue weighted by molar-refractivity contribution is 7.10. The molecule has 0 radical (unpaired) electrons. The van der Waals surface area contributed by atoms with Crippen LogP contribution in [0.1, 0.15) is 10.9 Å². The number of nitrogens with zero attached hydrogens (tertiary/aromatic N) is 2. The molecule has 3 nitrogen and oxygen atoms in total. The molecule has 0 saturated carbocycles. The Morgan fingerprint density at radius 2 is 2.12 bits per heavy atom. The van der Waals surface area contributed by atoms with E-state index in [2.05, 4.69) is 21.8 Å². The minimum atomic E-state index is 0.427. The summed E-state index contributed by atoms with van der Waals surface area (Å²) in [4.78, 5) is 8.31. The predicted molar refractivity (Wildman–Crippen MR) is 62.1 cm³/mol. The summed E-state index contributed by atoms with van der Waals surface area (Å²) in [7, 11) is 0. The minimum Gasteiger partial charge on any atom is -0.430 e. The lowest BCUT2D eigenvalue weighted by Gasteiger charge is -1.79. The normalized spacial score (nSPS) is 10.0. The molecule has 76 valence electrons. The fourth-order valence-corrected chi connectivity index (χ4v) is 1.80. The van der Waals surface area contributed by atoms with Gasteiger partial charge in [-0.25, -0.2) is 9.97 Å². The fourth-order valence-electron chi connectivity index (χ4n) is 1.32. The molecule has 1 aromatic carbocycles. The Bertz CT molecular complexity index is 641. The number of hydrogen-bond acceptors (Lipinski definition) is 4. The van der Waals surface area contributed by atoms with Gasteiger partial charge in [-0.15, -0.1) is 11.3 Å². The number of fused-ring (bicyclic) bond motifs is 1. The lowest BCUT2D eigenvalue weighted by atomic mass is 10.3. The molecule has 0 N–H and O–H groups in total. The molecular weight excluding hydrogens is 220 g/mol. The molecular formula is C12H6N2OS. The molecule has 0 unspecified atom stereocenters. The molecule has 0 saturated heterocycles. The molecule has 0 amide bonds. The van der Waals surface area contributed by atoms with E-state index in [4.69, 9.17) is 4.42 Å². The summed E-state index contributed by atoms with van der Waals surface area (Å²) < 4.78 is 5.46. The van der Waals surface area contributed by atoms with Gasteiger partial charge in [-0.3, -0.25) is 0 Å². The molecule has 3 aromatic rings. The summed E-state index contributed by atoms with van der Waals surface area (Å²) in [6.07, 6.45) is 1.72.